The maximum absolute atomic E-state index is 14.8. The normalized spacial score (nSPS) is 19.0. The monoisotopic (exact) mass is 670 g/mol. The maximum Gasteiger partial charge on any atom is 0.410 e. The van der Waals surface area contributed by atoms with Crippen molar-refractivity contribution in [3.8, 4) is 0 Å². The lowest BCUT2D eigenvalue weighted by Gasteiger charge is -2.36. The van der Waals surface area contributed by atoms with Crippen molar-refractivity contribution in [1.82, 2.24) is 15.5 Å². The number of ether oxygens (including phenoxy) is 1. The molecule has 0 spiro atoms. The Balaban J connectivity index is 1.63. The largest absolute Gasteiger partial charge is 0.444 e. The van der Waals surface area contributed by atoms with E-state index < -0.39 is 11.4 Å². The molecule has 1 saturated heterocycles. The lowest BCUT2D eigenvalue weighted by Crippen LogP contribution is -2.50. The first-order valence-electron chi connectivity index (χ1n) is 13.2. The van der Waals surface area contributed by atoms with Gasteiger partial charge in [0.1, 0.15) is 16.4 Å². The van der Waals surface area contributed by atoms with E-state index in [2.05, 4.69) is 16.0 Å². The summed E-state index contributed by atoms with van der Waals surface area (Å²) in [6.45, 7) is 10.9. The quantitative estimate of drug-likeness (QED) is 0.336. The second-order valence-corrected chi connectivity index (χ2v) is 14.2. The Morgan fingerprint density at radius 2 is 2.03 bits per heavy atom. The molecule has 1 atom stereocenters. The molecule has 2 aliphatic rings. The highest BCUT2D eigenvalue weighted by Crippen LogP contribution is 2.40. The fourth-order valence-electron chi connectivity index (χ4n) is 4.87. The minimum atomic E-state index is -0.616. The van der Waals surface area contributed by atoms with Crippen LogP contribution < -0.4 is 16.0 Å². The third-order valence-electron chi connectivity index (χ3n) is 6.76. The van der Waals surface area contributed by atoms with Gasteiger partial charge in [-0.05, 0) is 98.2 Å². The summed E-state index contributed by atoms with van der Waals surface area (Å²) in [6.07, 6.45) is 2.68. The number of carbonyl (C=O) groups is 3. The van der Waals surface area contributed by atoms with Gasteiger partial charge in [-0.1, -0.05) is 13.8 Å². The van der Waals surface area contributed by atoms with Crippen LogP contribution in [0.4, 0.5) is 19.9 Å². The number of benzene rings is 1. The summed E-state index contributed by atoms with van der Waals surface area (Å²) in [7, 11) is 0. The second kappa shape index (κ2) is 11.6. The number of amides is 3. The van der Waals surface area contributed by atoms with Crippen LogP contribution in [0.15, 0.2) is 18.2 Å². The Kier molecular flexibility index (Phi) is 8.79. The van der Waals surface area contributed by atoms with Crippen molar-refractivity contribution in [3.63, 3.8) is 0 Å². The summed E-state index contributed by atoms with van der Waals surface area (Å²) in [5, 5.41) is 9.46. The smallest absolute Gasteiger partial charge is 0.410 e. The van der Waals surface area contributed by atoms with Crippen LogP contribution in [0.5, 0.6) is 0 Å². The fourth-order valence-corrected chi connectivity index (χ4v) is 6.47. The molecule has 3 N–H and O–H groups in total. The molecule has 4 rings (SSSR count). The molecule has 1 fully saturated rings. The minimum absolute atomic E-state index is 0.209. The summed E-state index contributed by atoms with van der Waals surface area (Å²) >= 11 is 3.19. The Morgan fingerprint density at radius 3 is 2.72 bits per heavy atom. The number of carbonyl (C=O) groups excluding carboxylic acids is 3. The zero-order valence-electron chi connectivity index (χ0n) is 23.0. The van der Waals surface area contributed by atoms with Crippen LogP contribution in [-0.4, -0.2) is 54.1 Å². The number of thiophene rings is 1. The molecule has 0 aliphatic carbocycles. The average Bonchev–Trinajstić information content (AvgIpc) is 3.13. The number of nitrogens with zero attached hydrogens (tertiary/aromatic N) is 1. The van der Waals surface area contributed by atoms with E-state index in [0.717, 1.165) is 34.2 Å². The predicted octanol–water partition coefficient (Wildman–Crippen LogP) is 6.07. The van der Waals surface area contributed by atoms with Crippen molar-refractivity contribution < 1.29 is 23.5 Å². The zero-order chi connectivity index (χ0) is 28.5. The van der Waals surface area contributed by atoms with E-state index >= 15 is 0 Å². The van der Waals surface area contributed by atoms with Crippen molar-refractivity contribution in [2.24, 2.45) is 5.41 Å². The topological polar surface area (TPSA) is 99.8 Å². The van der Waals surface area contributed by atoms with Crippen LogP contribution in [0.1, 0.15) is 79.5 Å². The Labute approximate surface area is 246 Å². The number of nitrogens with one attached hydrogen (secondary N) is 3. The van der Waals surface area contributed by atoms with Crippen LogP contribution in [0.25, 0.3) is 0 Å². The standard InChI is InChI=1S/C28H36FIN4O4S/c1-27(2,3)38-26(37)34-11-7-6-8-17(34)14-31-23(35)21-18-13-28(4,5)15-32-24(36)22(18)39-25(21)33-20-10-9-16(30)12-19(20)29/h9-10,12,17,33H,6-8,11,13-15H2,1-5H3,(H,31,35)(H,32,36). The zero-order valence-corrected chi connectivity index (χ0v) is 26.0. The molecule has 1 unspecified atom stereocenters. The van der Waals surface area contributed by atoms with Crippen LogP contribution in [0.3, 0.4) is 0 Å². The predicted molar refractivity (Wildman–Crippen MR) is 159 cm³/mol. The molecule has 212 valence electrons. The number of hydrogen-bond acceptors (Lipinski definition) is 6. The van der Waals surface area contributed by atoms with Gasteiger partial charge in [-0.15, -0.1) is 11.3 Å². The molecule has 1 aromatic carbocycles. The number of halogens is 2. The third-order valence-corrected chi connectivity index (χ3v) is 8.57. The molecule has 0 radical (unpaired) electrons. The fraction of sp³-hybridized carbons (Fsp3) is 0.536. The Morgan fingerprint density at radius 1 is 1.28 bits per heavy atom. The van der Waals surface area contributed by atoms with Crippen molar-refractivity contribution in [3.05, 3.63) is 43.6 Å². The minimum Gasteiger partial charge on any atom is -0.444 e. The van der Waals surface area contributed by atoms with E-state index in [1.807, 2.05) is 57.2 Å². The molecular weight excluding hydrogens is 634 g/mol. The average molecular weight is 671 g/mol. The highest BCUT2D eigenvalue weighted by Gasteiger charge is 2.36. The molecule has 2 aromatic rings. The highest BCUT2D eigenvalue weighted by atomic mass is 127. The van der Waals surface area contributed by atoms with Crippen LogP contribution in [0, 0.1) is 14.8 Å². The number of rotatable bonds is 5. The molecule has 0 bridgehead atoms. The maximum atomic E-state index is 14.8. The van der Waals surface area contributed by atoms with Gasteiger partial charge in [0, 0.05) is 23.2 Å². The van der Waals surface area contributed by atoms with Gasteiger partial charge < -0.3 is 25.6 Å². The lowest BCUT2D eigenvalue weighted by molar-refractivity contribution is 0.00985. The van der Waals surface area contributed by atoms with Gasteiger partial charge in [-0.2, -0.15) is 0 Å². The van der Waals surface area contributed by atoms with E-state index in [1.165, 1.54) is 6.07 Å². The van der Waals surface area contributed by atoms with Gasteiger partial charge >= 0.3 is 6.09 Å². The number of piperidine rings is 1. The summed E-state index contributed by atoms with van der Waals surface area (Å²) in [5.74, 6) is -1.05. The molecule has 2 aliphatic heterocycles. The van der Waals surface area contributed by atoms with Crippen LogP contribution in [0.2, 0.25) is 0 Å². The molecule has 1 aromatic heterocycles. The summed E-state index contributed by atoms with van der Waals surface area (Å²) in [4.78, 5) is 41.8. The molecule has 8 nitrogen and oxygen atoms in total. The van der Waals surface area contributed by atoms with E-state index in [-0.39, 0.29) is 41.6 Å². The van der Waals surface area contributed by atoms with Gasteiger partial charge in [-0.25, -0.2) is 9.18 Å². The third kappa shape index (κ3) is 7.22. The Bertz CT molecular complexity index is 1270. The lowest BCUT2D eigenvalue weighted by atomic mass is 9.85. The first-order chi connectivity index (χ1) is 18.2. The van der Waals surface area contributed by atoms with Crippen LogP contribution in [-0.2, 0) is 11.2 Å². The van der Waals surface area contributed by atoms with E-state index in [1.54, 1.807) is 17.0 Å². The SMILES string of the molecule is CC1(C)CNC(=O)c2sc(Nc3ccc(I)cc3F)c(C(=O)NCC3CCCCN3C(=O)OC(C)(C)C)c2C1. The first-order valence-corrected chi connectivity index (χ1v) is 15.1. The molecule has 3 heterocycles. The molecule has 39 heavy (non-hydrogen) atoms. The van der Waals surface area contributed by atoms with Crippen molar-refractivity contribution in [2.45, 2.75) is 71.9 Å². The van der Waals surface area contributed by atoms with E-state index in [4.69, 9.17) is 4.74 Å². The number of hydrogen-bond donors (Lipinski definition) is 3. The molecule has 0 saturated carbocycles. The number of fused-ring (bicyclic) bond motifs is 1. The van der Waals surface area contributed by atoms with E-state index in [9.17, 15) is 18.8 Å². The molecule has 3 amide bonds. The van der Waals surface area contributed by atoms with Gasteiger partial charge in [0.25, 0.3) is 11.8 Å². The molecule has 11 heteroatoms. The number of likely N-dealkylation sites (tertiary alicyclic amines) is 1. The highest BCUT2D eigenvalue weighted by molar-refractivity contribution is 14.1. The van der Waals surface area contributed by atoms with Gasteiger partial charge in [0.2, 0.25) is 0 Å². The molecular formula is C28H36FIN4O4S. The van der Waals surface area contributed by atoms with E-state index in [0.29, 0.717) is 40.5 Å². The second-order valence-electron chi connectivity index (χ2n) is 11.9. The summed E-state index contributed by atoms with van der Waals surface area (Å²) in [5.41, 5.74) is 0.328. The summed E-state index contributed by atoms with van der Waals surface area (Å²) in [6, 6.07) is 4.59. The van der Waals surface area contributed by atoms with Gasteiger partial charge in [-0.3, -0.25) is 9.59 Å². The Hall–Kier alpha value is -2.41. The van der Waals surface area contributed by atoms with Gasteiger partial charge in [0.05, 0.1) is 22.2 Å². The summed E-state index contributed by atoms with van der Waals surface area (Å²) < 4.78 is 21.1. The number of anilines is 2. The van der Waals surface area contributed by atoms with Crippen molar-refractivity contribution in [1.29, 1.82) is 0 Å². The van der Waals surface area contributed by atoms with Crippen molar-refractivity contribution >= 4 is 62.5 Å². The van der Waals surface area contributed by atoms with Gasteiger partial charge in [0.15, 0.2) is 0 Å². The first kappa shape index (κ1) is 29.6. The van der Waals surface area contributed by atoms with Crippen LogP contribution >= 0.6 is 33.9 Å². The van der Waals surface area contributed by atoms with Crippen molar-refractivity contribution in [2.75, 3.05) is 25.0 Å².